The molecule has 32 heavy (non-hydrogen) atoms. The Balaban J connectivity index is 1.79. The fourth-order valence-corrected chi connectivity index (χ4v) is 5.11. The number of unbranched alkanes of at least 4 members (excludes halogenated alkanes) is 1. The summed E-state index contributed by atoms with van der Waals surface area (Å²) in [4.78, 5) is 37.5. The molecule has 0 aromatic carbocycles. The van der Waals surface area contributed by atoms with Gasteiger partial charge in [-0.05, 0) is 45.2 Å². The molecule has 1 saturated carbocycles. The van der Waals surface area contributed by atoms with E-state index in [4.69, 9.17) is 4.74 Å². The van der Waals surface area contributed by atoms with Crippen LogP contribution in [0.1, 0.15) is 81.3 Å². The highest BCUT2D eigenvalue weighted by Gasteiger charge is 2.40. The topological polar surface area (TPSA) is 77.3 Å². The van der Waals surface area contributed by atoms with Crippen molar-refractivity contribution in [3.63, 3.8) is 0 Å². The van der Waals surface area contributed by atoms with Gasteiger partial charge in [0.2, 0.25) is 5.75 Å². The summed E-state index contributed by atoms with van der Waals surface area (Å²) in [5.74, 6) is 0.643. The first-order chi connectivity index (χ1) is 15.5. The van der Waals surface area contributed by atoms with Crippen LogP contribution in [0.15, 0.2) is 29.2 Å². The quantitative estimate of drug-likeness (QED) is 0.587. The number of hydrogen-bond donors (Lipinski definition) is 0. The van der Waals surface area contributed by atoms with E-state index in [1.165, 1.54) is 0 Å². The average molecular weight is 439 g/mol. The summed E-state index contributed by atoms with van der Waals surface area (Å²) in [6, 6.07) is 6.08. The predicted molar refractivity (Wildman–Crippen MR) is 123 cm³/mol. The van der Waals surface area contributed by atoms with Gasteiger partial charge in [0.25, 0.3) is 5.91 Å². The van der Waals surface area contributed by atoms with Gasteiger partial charge in [-0.2, -0.15) is 4.98 Å². The lowest BCUT2D eigenvalue weighted by atomic mass is 9.78. The van der Waals surface area contributed by atoms with E-state index in [1.807, 2.05) is 41.6 Å². The minimum Gasteiger partial charge on any atom is -0.486 e. The Morgan fingerprint density at radius 2 is 1.94 bits per heavy atom. The maximum Gasteiger partial charge on any atom is 0.316 e. The summed E-state index contributed by atoms with van der Waals surface area (Å²) >= 11 is 0. The van der Waals surface area contributed by atoms with Gasteiger partial charge in [-0.3, -0.25) is 14.6 Å². The summed E-state index contributed by atoms with van der Waals surface area (Å²) in [5.41, 5.74) is 0.834. The summed E-state index contributed by atoms with van der Waals surface area (Å²) in [6.45, 7) is 7.69. The number of ether oxygens (including phenoxy) is 1. The van der Waals surface area contributed by atoms with E-state index in [0.29, 0.717) is 37.6 Å². The predicted octanol–water partition coefficient (Wildman–Crippen LogP) is 3.74. The zero-order valence-corrected chi connectivity index (χ0v) is 19.5. The van der Waals surface area contributed by atoms with Gasteiger partial charge in [0.15, 0.2) is 5.69 Å². The number of carbonyl (C=O) groups excluding carboxylic acids is 1. The SMILES string of the molecule is CCCCOc1c2n(c(CC3(c4ccccn4)CCCC3)nc1=O)CCN(C(C)C)C2=O. The minimum atomic E-state index is -0.435. The Bertz CT molecular complexity index is 1010. The van der Waals surface area contributed by atoms with Crippen molar-refractivity contribution >= 4 is 5.91 Å². The van der Waals surface area contributed by atoms with Gasteiger partial charge in [-0.25, -0.2) is 0 Å². The molecule has 0 radical (unpaired) electrons. The van der Waals surface area contributed by atoms with Crippen molar-refractivity contribution in [1.82, 2.24) is 19.4 Å². The smallest absolute Gasteiger partial charge is 0.316 e. The molecule has 0 spiro atoms. The van der Waals surface area contributed by atoms with Gasteiger partial charge in [0, 0.05) is 42.9 Å². The first kappa shape index (κ1) is 22.5. The van der Waals surface area contributed by atoms with Gasteiger partial charge in [-0.1, -0.05) is 32.3 Å². The molecule has 2 aliphatic rings. The van der Waals surface area contributed by atoms with Gasteiger partial charge >= 0.3 is 5.56 Å². The highest BCUT2D eigenvalue weighted by Crippen LogP contribution is 2.42. The molecule has 0 N–H and O–H groups in total. The van der Waals surface area contributed by atoms with Crippen molar-refractivity contribution in [2.24, 2.45) is 0 Å². The van der Waals surface area contributed by atoms with Gasteiger partial charge in [0.05, 0.1) is 6.61 Å². The fourth-order valence-electron chi connectivity index (χ4n) is 5.11. The third kappa shape index (κ3) is 4.17. The molecule has 0 unspecified atom stereocenters. The Morgan fingerprint density at radius 1 is 1.16 bits per heavy atom. The van der Waals surface area contributed by atoms with Gasteiger partial charge in [0.1, 0.15) is 5.82 Å². The van der Waals surface area contributed by atoms with E-state index in [9.17, 15) is 9.59 Å². The first-order valence-corrected chi connectivity index (χ1v) is 12.0. The standard InChI is InChI=1S/C25H34N4O3/c1-4-5-16-32-22-21-24(31)28(18(2)3)14-15-29(21)20(27-23(22)30)17-25(11-7-8-12-25)19-10-6-9-13-26-19/h6,9-10,13,18H,4-5,7-8,11-12,14-17H2,1-3H3. The number of carbonyl (C=O) groups is 1. The second-order valence-corrected chi connectivity index (χ2v) is 9.34. The third-order valence-electron chi connectivity index (χ3n) is 6.88. The Kier molecular flexibility index (Phi) is 6.63. The minimum absolute atomic E-state index is 0.0566. The number of rotatable bonds is 8. The van der Waals surface area contributed by atoms with Crippen molar-refractivity contribution in [2.75, 3.05) is 13.2 Å². The molecule has 0 saturated heterocycles. The zero-order chi connectivity index (χ0) is 22.7. The van der Waals surface area contributed by atoms with Crippen LogP contribution in [-0.2, 0) is 18.4 Å². The molecule has 2 aromatic rings. The maximum atomic E-state index is 13.4. The van der Waals surface area contributed by atoms with E-state index in [-0.39, 0.29) is 23.1 Å². The fraction of sp³-hybridized carbons (Fsp3) is 0.600. The number of pyridine rings is 1. The molecule has 1 fully saturated rings. The third-order valence-corrected chi connectivity index (χ3v) is 6.88. The summed E-state index contributed by atoms with van der Waals surface area (Å²) in [6.07, 6.45) is 8.50. The van der Waals surface area contributed by atoms with Crippen molar-refractivity contribution in [1.29, 1.82) is 0 Å². The van der Waals surface area contributed by atoms with E-state index in [0.717, 1.165) is 44.2 Å². The lowest BCUT2D eigenvalue weighted by Gasteiger charge is -2.36. The molecule has 2 aromatic heterocycles. The average Bonchev–Trinajstić information content (AvgIpc) is 3.26. The summed E-state index contributed by atoms with van der Waals surface area (Å²) in [5, 5.41) is 0. The summed E-state index contributed by atoms with van der Waals surface area (Å²) in [7, 11) is 0. The number of hydrogen-bond acceptors (Lipinski definition) is 5. The second kappa shape index (κ2) is 9.43. The number of nitrogens with zero attached hydrogens (tertiary/aromatic N) is 4. The molecule has 4 rings (SSSR count). The van der Waals surface area contributed by atoms with Crippen LogP contribution in [0.5, 0.6) is 5.75 Å². The Morgan fingerprint density at radius 3 is 2.59 bits per heavy atom. The molecule has 172 valence electrons. The molecule has 0 atom stereocenters. The number of aromatic nitrogens is 3. The highest BCUT2D eigenvalue weighted by atomic mass is 16.5. The normalized spacial score (nSPS) is 17.6. The van der Waals surface area contributed by atoms with Crippen molar-refractivity contribution in [3.8, 4) is 5.75 Å². The van der Waals surface area contributed by atoms with Crippen LogP contribution in [0.25, 0.3) is 0 Å². The molecule has 0 bridgehead atoms. The zero-order valence-electron chi connectivity index (χ0n) is 19.5. The Labute approximate surface area is 189 Å². The van der Waals surface area contributed by atoms with E-state index in [1.54, 1.807) is 0 Å². The van der Waals surface area contributed by atoms with Crippen LogP contribution in [0.3, 0.4) is 0 Å². The maximum absolute atomic E-state index is 13.4. The van der Waals surface area contributed by atoms with E-state index >= 15 is 0 Å². The molecular formula is C25H34N4O3. The molecule has 1 aliphatic carbocycles. The number of fused-ring (bicyclic) bond motifs is 1. The lowest BCUT2D eigenvalue weighted by molar-refractivity contribution is 0.0634. The molecule has 1 aliphatic heterocycles. The monoisotopic (exact) mass is 438 g/mol. The van der Waals surface area contributed by atoms with E-state index < -0.39 is 5.56 Å². The van der Waals surface area contributed by atoms with Crippen molar-refractivity contribution < 1.29 is 9.53 Å². The van der Waals surface area contributed by atoms with Crippen LogP contribution in [0.2, 0.25) is 0 Å². The molecule has 7 heteroatoms. The first-order valence-electron chi connectivity index (χ1n) is 12.0. The second-order valence-electron chi connectivity index (χ2n) is 9.34. The number of amides is 1. The summed E-state index contributed by atoms with van der Waals surface area (Å²) < 4.78 is 7.80. The van der Waals surface area contributed by atoms with Crippen molar-refractivity contribution in [3.05, 3.63) is 52.0 Å². The van der Waals surface area contributed by atoms with Gasteiger partial charge in [-0.15, -0.1) is 0 Å². The highest BCUT2D eigenvalue weighted by molar-refractivity contribution is 5.96. The molecule has 7 nitrogen and oxygen atoms in total. The molecular weight excluding hydrogens is 404 g/mol. The van der Waals surface area contributed by atoms with Crippen LogP contribution >= 0.6 is 0 Å². The van der Waals surface area contributed by atoms with Crippen LogP contribution in [-0.4, -0.2) is 44.5 Å². The van der Waals surface area contributed by atoms with Gasteiger partial charge < -0.3 is 14.2 Å². The largest absolute Gasteiger partial charge is 0.486 e. The van der Waals surface area contributed by atoms with Crippen LogP contribution in [0, 0.1) is 0 Å². The lowest BCUT2D eigenvalue weighted by Crippen LogP contribution is -2.47. The van der Waals surface area contributed by atoms with Crippen LogP contribution in [0.4, 0.5) is 0 Å². The van der Waals surface area contributed by atoms with Crippen molar-refractivity contribution in [2.45, 2.75) is 83.7 Å². The van der Waals surface area contributed by atoms with Crippen LogP contribution < -0.4 is 10.3 Å². The molecule has 1 amide bonds. The van der Waals surface area contributed by atoms with E-state index in [2.05, 4.69) is 23.0 Å². The molecule has 3 heterocycles. The Hall–Kier alpha value is -2.70.